The SMILES string of the molecule is CCOc1cccc(-c2[nH]ncc2CNC2CC2)c1. The highest BCUT2D eigenvalue weighted by Crippen LogP contribution is 2.26. The lowest BCUT2D eigenvalue weighted by Gasteiger charge is -2.07. The van der Waals surface area contributed by atoms with Gasteiger partial charge in [-0.1, -0.05) is 12.1 Å². The van der Waals surface area contributed by atoms with Gasteiger partial charge in [-0.2, -0.15) is 5.10 Å². The van der Waals surface area contributed by atoms with Crippen LogP contribution >= 0.6 is 0 Å². The maximum Gasteiger partial charge on any atom is 0.119 e. The first-order valence-corrected chi connectivity index (χ1v) is 6.85. The molecule has 1 aliphatic rings. The first-order chi connectivity index (χ1) is 9.36. The number of hydrogen-bond donors (Lipinski definition) is 2. The predicted octanol–water partition coefficient (Wildman–Crippen LogP) is 2.73. The maximum absolute atomic E-state index is 5.54. The van der Waals surface area contributed by atoms with Crippen LogP contribution in [-0.2, 0) is 6.54 Å². The van der Waals surface area contributed by atoms with Gasteiger partial charge >= 0.3 is 0 Å². The normalized spacial score (nSPS) is 14.6. The van der Waals surface area contributed by atoms with E-state index < -0.39 is 0 Å². The summed E-state index contributed by atoms with van der Waals surface area (Å²) in [6, 6.07) is 8.83. The van der Waals surface area contributed by atoms with Gasteiger partial charge < -0.3 is 10.1 Å². The second kappa shape index (κ2) is 5.45. The van der Waals surface area contributed by atoms with E-state index in [1.54, 1.807) is 0 Å². The van der Waals surface area contributed by atoms with Gasteiger partial charge in [-0.3, -0.25) is 5.10 Å². The van der Waals surface area contributed by atoms with Crippen LogP contribution < -0.4 is 10.1 Å². The zero-order valence-electron chi connectivity index (χ0n) is 11.1. The lowest BCUT2D eigenvalue weighted by Crippen LogP contribution is -2.15. The molecule has 0 amide bonds. The van der Waals surface area contributed by atoms with Crippen molar-refractivity contribution in [2.75, 3.05) is 6.61 Å². The number of hydrogen-bond acceptors (Lipinski definition) is 3. The number of nitrogens with one attached hydrogen (secondary N) is 2. The Morgan fingerprint density at radius 2 is 2.32 bits per heavy atom. The van der Waals surface area contributed by atoms with Crippen molar-refractivity contribution in [3.8, 4) is 17.0 Å². The van der Waals surface area contributed by atoms with E-state index in [2.05, 4.69) is 27.6 Å². The molecule has 2 N–H and O–H groups in total. The number of ether oxygens (including phenoxy) is 1. The van der Waals surface area contributed by atoms with Crippen LogP contribution in [-0.4, -0.2) is 22.8 Å². The molecule has 0 bridgehead atoms. The highest BCUT2D eigenvalue weighted by Gasteiger charge is 2.21. The van der Waals surface area contributed by atoms with Crippen molar-refractivity contribution < 1.29 is 4.74 Å². The Balaban J connectivity index is 1.80. The highest BCUT2D eigenvalue weighted by molar-refractivity contribution is 5.64. The summed E-state index contributed by atoms with van der Waals surface area (Å²) in [4.78, 5) is 0. The van der Waals surface area contributed by atoms with Crippen LogP contribution in [0.2, 0.25) is 0 Å². The van der Waals surface area contributed by atoms with E-state index in [-0.39, 0.29) is 0 Å². The summed E-state index contributed by atoms with van der Waals surface area (Å²) in [5, 5.41) is 10.8. The Hall–Kier alpha value is -1.81. The predicted molar refractivity (Wildman–Crippen MR) is 75.1 cm³/mol. The fourth-order valence-electron chi connectivity index (χ4n) is 2.14. The van der Waals surface area contributed by atoms with Gasteiger partial charge in [0.2, 0.25) is 0 Å². The molecule has 4 heteroatoms. The summed E-state index contributed by atoms with van der Waals surface area (Å²) in [7, 11) is 0. The number of rotatable bonds is 6. The van der Waals surface area contributed by atoms with E-state index >= 15 is 0 Å². The number of aromatic amines is 1. The van der Waals surface area contributed by atoms with E-state index in [1.807, 2.05) is 25.3 Å². The molecule has 1 fully saturated rings. The van der Waals surface area contributed by atoms with E-state index in [1.165, 1.54) is 18.4 Å². The zero-order chi connectivity index (χ0) is 13.1. The molecule has 0 aliphatic heterocycles. The van der Waals surface area contributed by atoms with Crippen molar-refractivity contribution in [1.29, 1.82) is 0 Å². The Labute approximate surface area is 113 Å². The monoisotopic (exact) mass is 257 g/mol. The Morgan fingerprint density at radius 3 is 3.11 bits per heavy atom. The molecule has 0 spiro atoms. The summed E-state index contributed by atoms with van der Waals surface area (Å²) in [5.74, 6) is 0.899. The van der Waals surface area contributed by atoms with Crippen molar-refractivity contribution in [2.45, 2.75) is 32.4 Å². The maximum atomic E-state index is 5.54. The number of benzene rings is 1. The molecular weight excluding hydrogens is 238 g/mol. The molecule has 0 atom stereocenters. The topological polar surface area (TPSA) is 49.9 Å². The molecular formula is C15H19N3O. The fourth-order valence-corrected chi connectivity index (χ4v) is 2.14. The summed E-state index contributed by atoms with van der Waals surface area (Å²) in [6.45, 7) is 3.55. The first-order valence-electron chi connectivity index (χ1n) is 6.85. The lowest BCUT2D eigenvalue weighted by molar-refractivity contribution is 0.340. The minimum atomic E-state index is 0.683. The van der Waals surface area contributed by atoms with Gasteiger partial charge in [0.15, 0.2) is 0 Å². The van der Waals surface area contributed by atoms with Crippen LogP contribution in [0.3, 0.4) is 0 Å². The average Bonchev–Trinajstić information content (AvgIpc) is 3.14. The van der Waals surface area contributed by atoms with E-state index in [9.17, 15) is 0 Å². The minimum Gasteiger partial charge on any atom is -0.494 e. The van der Waals surface area contributed by atoms with Crippen molar-refractivity contribution in [3.63, 3.8) is 0 Å². The van der Waals surface area contributed by atoms with Gasteiger partial charge in [-0.15, -0.1) is 0 Å². The smallest absolute Gasteiger partial charge is 0.119 e. The molecule has 3 rings (SSSR count). The van der Waals surface area contributed by atoms with E-state index in [0.29, 0.717) is 12.6 Å². The van der Waals surface area contributed by atoms with Gasteiger partial charge in [0.05, 0.1) is 18.5 Å². The Bertz CT molecular complexity index is 546. The number of aromatic nitrogens is 2. The summed E-state index contributed by atoms with van der Waals surface area (Å²) >= 11 is 0. The van der Waals surface area contributed by atoms with Crippen LogP contribution in [0.5, 0.6) is 5.75 Å². The third-order valence-corrected chi connectivity index (χ3v) is 3.31. The molecule has 1 heterocycles. The first kappa shape index (κ1) is 12.2. The largest absolute Gasteiger partial charge is 0.494 e. The standard InChI is InChI=1S/C15H19N3O/c1-2-19-14-5-3-4-11(8-14)15-12(10-17-18-15)9-16-13-6-7-13/h3-5,8,10,13,16H,2,6-7,9H2,1H3,(H,17,18). The molecule has 0 unspecified atom stereocenters. The Kier molecular flexibility index (Phi) is 3.51. The number of H-pyrrole nitrogens is 1. The van der Waals surface area contributed by atoms with Crippen LogP contribution in [0.1, 0.15) is 25.3 Å². The number of nitrogens with zero attached hydrogens (tertiary/aromatic N) is 1. The highest BCUT2D eigenvalue weighted by atomic mass is 16.5. The summed E-state index contributed by atoms with van der Waals surface area (Å²) in [5.41, 5.74) is 3.41. The summed E-state index contributed by atoms with van der Waals surface area (Å²) < 4.78 is 5.54. The molecule has 19 heavy (non-hydrogen) atoms. The van der Waals surface area contributed by atoms with E-state index in [4.69, 9.17) is 4.74 Å². The fraction of sp³-hybridized carbons (Fsp3) is 0.400. The molecule has 0 radical (unpaired) electrons. The van der Waals surface area contributed by atoms with E-state index in [0.717, 1.165) is 23.6 Å². The quantitative estimate of drug-likeness (QED) is 0.836. The van der Waals surface area contributed by atoms with Gasteiger partial charge in [0.25, 0.3) is 0 Å². The minimum absolute atomic E-state index is 0.683. The molecule has 0 saturated heterocycles. The molecule has 1 aromatic heterocycles. The molecule has 1 aliphatic carbocycles. The molecule has 2 aromatic rings. The van der Waals surface area contributed by atoms with Crippen LogP contribution in [0.25, 0.3) is 11.3 Å². The van der Waals surface area contributed by atoms with Crippen molar-refractivity contribution in [1.82, 2.24) is 15.5 Å². The molecule has 100 valence electrons. The lowest BCUT2D eigenvalue weighted by atomic mass is 10.1. The molecule has 1 aromatic carbocycles. The van der Waals surface area contributed by atoms with Crippen molar-refractivity contribution in [3.05, 3.63) is 36.0 Å². The van der Waals surface area contributed by atoms with Gasteiger partial charge in [0, 0.05) is 23.7 Å². The molecule has 1 saturated carbocycles. The average molecular weight is 257 g/mol. The molecule has 4 nitrogen and oxygen atoms in total. The second-order valence-electron chi connectivity index (χ2n) is 4.89. The third kappa shape index (κ3) is 2.96. The zero-order valence-corrected chi connectivity index (χ0v) is 11.1. The van der Waals surface area contributed by atoms with Crippen molar-refractivity contribution >= 4 is 0 Å². The van der Waals surface area contributed by atoms with Crippen molar-refractivity contribution in [2.24, 2.45) is 0 Å². The summed E-state index contributed by atoms with van der Waals surface area (Å²) in [6.07, 6.45) is 4.50. The second-order valence-corrected chi connectivity index (χ2v) is 4.89. The Morgan fingerprint density at radius 1 is 1.42 bits per heavy atom. The van der Waals surface area contributed by atoms with Gasteiger partial charge in [-0.25, -0.2) is 0 Å². The van der Waals surface area contributed by atoms with Crippen LogP contribution in [0.15, 0.2) is 30.5 Å². The van der Waals surface area contributed by atoms with Crippen LogP contribution in [0, 0.1) is 0 Å². The van der Waals surface area contributed by atoms with Gasteiger partial charge in [0.1, 0.15) is 5.75 Å². The van der Waals surface area contributed by atoms with Gasteiger partial charge in [-0.05, 0) is 31.9 Å². The third-order valence-electron chi connectivity index (χ3n) is 3.31. The van der Waals surface area contributed by atoms with Crippen LogP contribution in [0.4, 0.5) is 0 Å².